The van der Waals surface area contributed by atoms with Crippen LogP contribution in [-0.4, -0.2) is 40.9 Å². The van der Waals surface area contributed by atoms with Crippen LogP contribution < -0.4 is 0 Å². The Kier molecular flexibility index (Phi) is 16.3. The summed E-state index contributed by atoms with van der Waals surface area (Å²) in [7, 11) is 0. The van der Waals surface area contributed by atoms with E-state index in [1.54, 1.807) is 0 Å². The Morgan fingerprint density at radius 1 is 0.656 bits per heavy atom. The molecule has 1 atom stereocenters. The summed E-state index contributed by atoms with van der Waals surface area (Å²) in [6.45, 7) is 5.33. The van der Waals surface area contributed by atoms with Crippen LogP contribution in [0.2, 0.25) is 0 Å². The van der Waals surface area contributed by atoms with E-state index in [0.29, 0.717) is 6.42 Å². The van der Waals surface area contributed by atoms with Gasteiger partial charge in [-0.3, -0.25) is 14.4 Å². The number of aliphatic carboxylic acids is 1. The molecule has 0 saturated carbocycles. The Balaban J connectivity index is 4.50. The molecule has 32 heavy (non-hydrogen) atoms. The lowest BCUT2D eigenvalue weighted by atomic mass is 10.00. The molecule has 0 aromatic rings. The first-order valence-electron chi connectivity index (χ1n) is 12.0. The van der Waals surface area contributed by atoms with Crippen molar-refractivity contribution in [2.75, 3.05) is 0 Å². The van der Waals surface area contributed by atoms with Gasteiger partial charge in [0, 0.05) is 20.8 Å². The van der Waals surface area contributed by atoms with Crippen molar-refractivity contribution in [3.8, 4) is 0 Å². The number of hydrogen-bond acceptors (Lipinski definition) is 7. The molecule has 0 aromatic carbocycles. The minimum absolute atomic E-state index is 0.0875. The van der Waals surface area contributed by atoms with Crippen LogP contribution in [0, 0.1) is 0 Å². The standard InChI is InChI=1S/C24H42O8/c1-5-6-7-8-9-10-11-12-13-14-15-16-17-18-22(30-19(2)25)24(23(28)29,31-20(3)26)32-21(4)27/h22H,5-18H2,1-4H3,(H,28,29). The second-order valence-electron chi connectivity index (χ2n) is 8.29. The van der Waals surface area contributed by atoms with Crippen molar-refractivity contribution < 1.29 is 38.5 Å². The third-order valence-electron chi connectivity index (χ3n) is 5.19. The fourth-order valence-electron chi connectivity index (χ4n) is 3.68. The van der Waals surface area contributed by atoms with Gasteiger partial charge in [-0.1, -0.05) is 84.0 Å². The van der Waals surface area contributed by atoms with Gasteiger partial charge in [0.1, 0.15) is 0 Å². The molecule has 1 N–H and O–H groups in total. The minimum Gasteiger partial charge on any atom is -0.475 e. The van der Waals surface area contributed by atoms with Crippen molar-refractivity contribution in [3.63, 3.8) is 0 Å². The summed E-state index contributed by atoms with van der Waals surface area (Å²) < 4.78 is 14.9. The molecule has 0 amide bonds. The molecule has 1 unspecified atom stereocenters. The number of carboxylic acid groups (broad SMARTS) is 1. The molecule has 0 aliphatic heterocycles. The van der Waals surface area contributed by atoms with Gasteiger partial charge in [-0.15, -0.1) is 0 Å². The number of rotatable bonds is 19. The molecule has 0 radical (unpaired) electrons. The molecule has 186 valence electrons. The van der Waals surface area contributed by atoms with Crippen molar-refractivity contribution in [1.82, 2.24) is 0 Å². The maximum Gasteiger partial charge on any atom is 0.394 e. The summed E-state index contributed by atoms with van der Waals surface area (Å²) in [5, 5.41) is 9.66. The van der Waals surface area contributed by atoms with Crippen molar-refractivity contribution in [3.05, 3.63) is 0 Å². The van der Waals surface area contributed by atoms with E-state index in [2.05, 4.69) is 6.92 Å². The van der Waals surface area contributed by atoms with Crippen LogP contribution in [-0.2, 0) is 33.4 Å². The first kappa shape index (κ1) is 29.9. The van der Waals surface area contributed by atoms with E-state index in [-0.39, 0.29) is 6.42 Å². The number of carbonyl (C=O) groups is 4. The summed E-state index contributed by atoms with van der Waals surface area (Å²) in [4.78, 5) is 46.5. The Morgan fingerprint density at radius 3 is 1.34 bits per heavy atom. The van der Waals surface area contributed by atoms with Gasteiger partial charge >= 0.3 is 29.7 Å². The Hall–Kier alpha value is -2.12. The zero-order valence-electron chi connectivity index (χ0n) is 20.3. The lowest BCUT2D eigenvalue weighted by molar-refractivity contribution is -0.265. The quantitative estimate of drug-likeness (QED) is 0.157. The number of hydrogen-bond donors (Lipinski definition) is 1. The lowest BCUT2D eigenvalue weighted by Gasteiger charge is -2.34. The van der Waals surface area contributed by atoms with E-state index < -0.39 is 35.8 Å². The highest BCUT2D eigenvalue weighted by Gasteiger charge is 2.55. The first-order chi connectivity index (χ1) is 15.2. The smallest absolute Gasteiger partial charge is 0.394 e. The number of ether oxygens (including phenoxy) is 3. The maximum atomic E-state index is 11.9. The van der Waals surface area contributed by atoms with Gasteiger partial charge in [0.15, 0.2) is 6.10 Å². The van der Waals surface area contributed by atoms with E-state index in [1.807, 2.05) is 0 Å². The molecule has 0 aliphatic rings. The second-order valence-corrected chi connectivity index (χ2v) is 8.29. The maximum absolute atomic E-state index is 11.9. The van der Waals surface area contributed by atoms with Crippen molar-refractivity contribution in [2.24, 2.45) is 0 Å². The van der Waals surface area contributed by atoms with Crippen LogP contribution in [0.3, 0.4) is 0 Å². The fourth-order valence-corrected chi connectivity index (χ4v) is 3.68. The largest absolute Gasteiger partial charge is 0.475 e. The van der Waals surface area contributed by atoms with E-state index in [9.17, 15) is 24.3 Å². The Bertz CT molecular complexity index is 556. The van der Waals surface area contributed by atoms with Crippen LogP contribution in [0.25, 0.3) is 0 Å². The minimum atomic E-state index is -2.69. The molecule has 0 spiro atoms. The van der Waals surface area contributed by atoms with E-state index in [1.165, 1.54) is 51.4 Å². The van der Waals surface area contributed by atoms with Crippen LogP contribution in [0.1, 0.15) is 118 Å². The average molecular weight is 459 g/mol. The van der Waals surface area contributed by atoms with Crippen molar-refractivity contribution in [1.29, 1.82) is 0 Å². The van der Waals surface area contributed by atoms with Crippen LogP contribution >= 0.6 is 0 Å². The third kappa shape index (κ3) is 13.3. The van der Waals surface area contributed by atoms with E-state index in [0.717, 1.165) is 46.5 Å². The molecule has 0 heterocycles. The Labute approximate surface area is 192 Å². The van der Waals surface area contributed by atoms with Crippen LogP contribution in [0.4, 0.5) is 0 Å². The molecular formula is C24H42O8. The molecule has 0 aliphatic carbocycles. The Morgan fingerprint density at radius 2 is 1.03 bits per heavy atom. The molecule has 8 nitrogen and oxygen atoms in total. The topological polar surface area (TPSA) is 116 Å². The van der Waals surface area contributed by atoms with Gasteiger partial charge in [-0.2, -0.15) is 0 Å². The highest BCUT2D eigenvalue weighted by atomic mass is 16.8. The van der Waals surface area contributed by atoms with Gasteiger partial charge < -0.3 is 19.3 Å². The van der Waals surface area contributed by atoms with Crippen LogP contribution in [0.15, 0.2) is 0 Å². The zero-order valence-corrected chi connectivity index (χ0v) is 20.3. The molecule has 8 heteroatoms. The molecular weight excluding hydrogens is 416 g/mol. The van der Waals surface area contributed by atoms with Gasteiger partial charge in [0.05, 0.1) is 0 Å². The number of unbranched alkanes of at least 4 members (excludes halogenated alkanes) is 12. The number of carboxylic acids is 1. The summed E-state index contributed by atoms with van der Waals surface area (Å²) in [5.41, 5.74) is 0. The summed E-state index contributed by atoms with van der Waals surface area (Å²) >= 11 is 0. The summed E-state index contributed by atoms with van der Waals surface area (Å²) in [6, 6.07) is 0. The molecule has 0 fully saturated rings. The third-order valence-corrected chi connectivity index (χ3v) is 5.19. The zero-order chi connectivity index (χ0) is 24.4. The monoisotopic (exact) mass is 458 g/mol. The van der Waals surface area contributed by atoms with Crippen LogP contribution in [0.5, 0.6) is 0 Å². The van der Waals surface area contributed by atoms with Gasteiger partial charge in [0.25, 0.3) is 0 Å². The molecule has 0 aromatic heterocycles. The summed E-state index contributed by atoms with van der Waals surface area (Å²) in [5.74, 6) is -7.08. The number of carbonyl (C=O) groups excluding carboxylic acids is 3. The molecule has 0 bridgehead atoms. The second kappa shape index (κ2) is 17.4. The molecule has 0 saturated heterocycles. The highest BCUT2D eigenvalue weighted by Crippen LogP contribution is 2.27. The molecule has 0 rings (SSSR count). The normalized spacial score (nSPS) is 12.1. The highest BCUT2D eigenvalue weighted by molar-refractivity contribution is 5.84. The van der Waals surface area contributed by atoms with Gasteiger partial charge in [-0.05, 0) is 12.8 Å². The van der Waals surface area contributed by atoms with Crippen molar-refractivity contribution >= 4 is 23.9 Å². The first-order valence-corrected chi connectivity index (χ1v) is 12.0. The lowest BCUT2D eigenvalue weighted by Crippen LogP contribution is -2.57. The van der Waals surface area contributed by atoms with Gasteiger partial charge in [-0.25, -0.2) is 4.79 Å². The fraction of sp³-hybridized carbons (Fsp3) is 0.833. The number of esters is 3. The average Bonchev–Trinajstić information content (AvgIpc) is 2.68. The van der Waals surface area contributed by atoms with E-state index >= 15 is 0 Å². The van der Waals surface area contributed by atoms with E-state index in [4.69, 9.17) is 14.2 Å². The summed E-state index contributed by atoms with van der Waals surface area (Å²) in [6.07, 6.45) is 13.5. The van der Waals surface area contributed by atoms with Gasteiger partial charge in [0.2, 0.25) is 0 Å². The predicted molar refractivity (Wildman–Crippen MR) is 120 cm³/mol. The predicted octanol–water partition coefficient (Wildman–Crippen LogP) is 5.31. The van der Waals surface area contributed by atoms with Crippen molar-refractivity contribution in [2.45, 2.75) is 129 Å². The SMILES string of the molecule is CCCCCCCCCCCCCCCC(OC(C)=O)C(OC(C)=O)(OC(C)=O)C(=O)O.